The molecule has 6 heteroatoms. The third kappa shape index (κ3) is 4.01. The molecule has 0 bridgehead atoms. The van der Waals surface area contributed by atoms with E-state index < -0.39 is 12.1 Å². The molecule has 0 spiro atoms. The lowest BCUT2D eigenvalue weighted by atomic mass is 10.00. The molecule has 0 saturated heterocycles. The number of hydrogen-bond donors (Lipinski definition) is 0. The molecule has 1 amide bonds. The molecule has 0 aliphatic carbocycles. The van der Waals surface area contributed by atoms with Crippen molar-refractivity contribution >= 4 is 28.7 Å². The number of benzene rings is 3. The number of fused-ring (bicyclic) bond motifs is 1. The number of carbonyl (C=O) groups is 2. The summed E-state index contributed by atoms with van der Waals surface area (Å²) in [5.41, 5.74) is 3.92. The van der Waals surface area contributed by atoms with Gasteiger partial charge in [0.15, 0.2) is 11.9 Å². The smallest absolute Gasteiger partial charge is 0.268 e. The highest BCUT2D eigenvalue weighted by Gasteiger charge is 2.38. The van der Waals surface area contributed by atoms with Gasteiger partial charge in [-0.1, -0.05) is 67.6 Å². The SMILES string of the molecule is CCC1Oc2ccc(-c3csc(-c4ccccc4)n3)cc2N(C(C)C(=O)c2ccccc2)C1=O. The minimum atomic E-state index is -0.669. The van der Waals surface area contributed by atoms with Crippen molar-refractivity contribution in [3.8, 4) is 27.6 Å². The first-order valence-electron chi connectivity index (χ1n) is 11.3. The summed E-state index contributed by atoms with van der Waals surface area (Å²) in [5.74, 6) is 0.288. The van der Waals surface area contributed by atoms with Crippen molar-refractivity contribution in [1.82, 2.24) is 4.98 Å². The molecule has 1 aliphatic heterocycles. The van der Waals surface area contributed by atoms with Gasteiger partial charge in [0.05, 0.1) is 17.4 Å². The van der Waals surface area contributed by atoms with E-state index in [2.05, 4.69) is 0 Å². The normalized spacial score (nSPS) is 16.0. The molecule has 1 aromatic heterocycles. The van der Waals surface area contributed by atoms with Crippen LogP contribution in [-0.4, -0.2) is 28.8 Å². The number of ether oxygens (including phenoxy) is 1. The zero-order valence-corrected chi connectivity index (χ0v) is 19.8. The van der Waals surface area contributed by atoms with Crippen LogP contribution < -0.4 is 9.64 Å². The zero-order valence-electron chi connectivity index (χ0n) is 19.0. The van der Waals surface area contributed by atoms with Gasteiger partial charge in [0, 0.05) is 22.1 Å². The summed E-state index contributed by atoms with van der Waals surface area (Å²) in [6.07, 6.45) is -0.0942. The molecule has 2 heterocycles. The summed E-state index contributed by atoms with van der Waals surface area (Å²) in [7, 11) is 0. The van der Waals surface area contributed by atoms with Crippen molar-refractivity contribution in [2.45, 2.75) is 32.4 Å². The largest absolute Gasteiger partial charge is 0.478 e. The van der Waals surface area contributed by atoms with Gasteiger partial charge in [-0.15, -0.1) is 11.3 Å². The third-order valence-electron chi connectivity index (χ3n) is 6.02. The summed E-state index contributed by atoms with van der Waals surface area (Å²) in [6, 6.07) is 24.2. The van der Waals surface area contributed by atoms with Crippen LogP contribution in [0, 0.1) is 0 Å². The summed E-state index contributed by atoms with van der Waals surface area (Å²) < 4.78 is 6.00. The first kappa shape index (κ1) is 22.0. The van der Waals surface area contributed by atoms with Gasteiger partial charge in [0.25, 0.3) is 5.91 Å². The second-order valence-corrected chi connectivity index (χ2v) is 9.07. The fourth-order valence-corrected chi connectivity index (χ4v) is 5.02. The van der Waals surface area contributed by atoms with Crippen molar-refractivity contribution in [3.63, 3.8) is 0 Å². The average Bonchev–Trinajstić information content (AvgIpc) is 3.39. The molecular weight excluding hydrogens is 444 g/mol. The van der Waals surface area contributed by atoms with Gasteiger partial charge in [-0.05, 0) is 31.5 Å². The molecular formula is C28H24N2O3S. The molecule has 2 unspecified atom stereocenters. The van der Waals surface area contributed by atoms with Crippen LogP contribution in [0.5, 0.6) is 5.75 Å². The van der Waals surface area contributed by atoms with E-state index in [1.54, 1.807) is 35.3 Å². The maximum Gasteiger partial charge on any atom is 0.268 e. The molecule has 0 N–H and O–H groups in total. The summed E-state index contributed by atoms with van der Waals surface area (Å²) >= 11 is 1.57. The van der Waals surface area contributed by atoms with Gasteiger partial charge in [0.1, 0.15) is 10.8 Å². The van der Waals surface area contributed by atoms with E-state index in [-0.39, 0.29) is 11.7 Å². The number of rotatable bonds is 6. The van der Waals surface area contributed by atoms with Crippen LogP contribution in [0.2, 0.25) is 0 Å². The number of amides is 1. The molecule has 0 saturated carbocycles. The van der Waals surface area contributed by atoms with Crippen LogP contribution in [0.4, 0.5) is 5.69 Å². The Labute approximate surface area is 202 Å². The third-order valence-corrected chi connectivity index (χ3v) is 6.91. The Hall–Kier alpha value is -3.77. The van der Waals surface area contributed by atoms with Gasteiger partial charge in [-0.25, -0.2) is 4.98 Å². The maximum atomic E-state index is 13.4. The van der Waals surface area contributed by atoms with Crippen LogP contribution >= 0.6 is 11.3 Å². The number of hydrogen-bond acceptors (Lipinski definition) is 5. The summed E-state index contributed by atoms with van der Waals surface area (Å²) in [5, 5.41) is 2.93. The number of anilines is 1. The Bertz CT molecular complexity index is 1330. The van der Waals surface area contributed by atoms with Crippen LogP contribution in [-0.2, 0) is 4.79 Å². The Balaban J connectivity index is 1.54. The van der Waals surface area contributed by atoms with E-state index in [0.717, 1.165) is 21.8 Å². The number of carbonyl (C=O) groups excluding carboxylic acids is 2. The molecule has 3 aromatic carbocycles. The van der Waals surface area contributed by atoms with E-state index in [9.17, 15) is 9.59 Å². The van der Waals surface area contributed by atoms with Crippen molar-refractivity contribution in [1.29, 1.82) is 0 Å². The standard InChI is InChI=1S/C28H24N2O3S/c1-3-24-28(32)30(18(2)26(31)19-10-6-4-7-11-19)23-16-21(14-15-25(23)33-24)22-17-34-27(29-22)20-12-8-5-9-13-20/h4-18,24H,3H2,1-2H3. The quantitative estimate of drug-likeness (QED) is 0.314. The molecule has 4 aromatic rings. The zero-order chi connectivity index (χ0) is 23.7. The lowest BCUT2D eigenvalue weighted by Crippen LogP contribution is -2.52. The first-order valence-corrected chi connectivity index (χ1v) is 12.2. The highest BCUT2D eigenvalue weighted by Crippen LogP contribution is 2.40. The molecule has 2 atom stereocenters. The minimum absolute atomic E-state index is 0.109. The Kier molecular flexibility index (Phi) is 5.99. The highest BCUT2D eigenvalue weighted by molar-refractivity contribution is 7.13. The van der Waals surface area contributed by atoms with Gasteiger partial charge >= 0.3 is 0 Å². The van der Waals surface area contributed by atoms with E-state index in [4.69, 9.17) is 9.72 Å². The van der Waals surface area contributed by atoms with E-state index in [1.165, 1.54) is 0 Å². The van der Waals surface area contributed by atoms with Crippen molar-refractivity contribution in [2.75, 3.05) is 4.90 Å². The van der Waals surface area contributed by atoms with Gasteiger partial charge in [0.2, 0.25) is 0 Å². The fraction of sp³-hybridized carbons (Fsp3) is 0.179. The molecule has 5 rings (SSSR count). The fourth-order valence-electron chi connectivity index (χ4n) is 4.18. The lowest BCUT2D eigenvalue weighted by molar-refractivity contribution is -0.126. The number of Topliss-reactive ketones (excluding diaryl/α,β-unsaturated/α-hetero) is 1. The van der Waals surface area contributed by atoms with Gasteiger partial charge < -0.3 is 4.74 Å². The number of aromatic nitrogens is 1. The maximum absolute atomic E-state index is 13.4. The Morgan fingerprint density at radius 3 is 2.44 bits per heavy atom. The predicted molar refractivity (Wildman–Crippen MR) is 135 cm³/mol. The monoisotopic (exact) mass is 468 g/mol. The van der Waals surface area contributed by atoms with Gasteiger partial charge in [-0.3, -0.25) is 14.5 Å². The van der Waals surface area contributed by atoms with Crippen molar-refractivity contribution in [3.05, 3.63) is 89.8 Å². The predicted octanol–water partition coefficient (Wildman–Crippen LogP) is 6.25. The molecule has 0 fully saturated rings. The van der Waals surface area contributed by atoms with Crippen LogP contribution in [0.3, 0.4) is 0 Å². The summed E-state index contributed by atoms with van der Waals surface area (Å²) in [4.78, 5) is 33.0. The first-order chi connectivity index (χ1) is 16.6. The van der Waals surface area contributed by atoms with Crippen LogP contribution in [0.25, 0.3) is 21.8 Å². The number of ketones is 1. The number of nitrogens with zero attached hydrogens (tertiary/aromatic N) is 2. The van der Waals surface area contributed by atoms with Gasteiger partial charge in [-0.2, -0.15) is 0 Å². The Morgan fingerprint density at radius 1 is 1.03 bits per heavy atom. The van der Waals surface area contributed by atoms with E-state index >= 15 is 0 Å². The van der Waals surface area contributed by atoms with E-state index in [0.29, 0.717) is 23.4 Å². The highest BCUT2D eigenvalue weighted by atomic mass is 32.1. The molecule has 5 nitrogen and oxygen atoms in total. The second-order valence-electron chi connectivity index (χ2n) is 8.22. The van der Waals surface area contributed by atoms with Crippen LogP contribution in [0.1, 0.15) is 30.6 Å². The molecule has 34 heavy (non-hydrogen) atoms. The van der Waals surface area contributed by atoms with Crippen molar-refractivity contribution in [2.24, 2.45) is 0 Å². The molecule has 0 radical (unpaired) electrons. The van der Waals surface area contributed by atoms with Crippen LogP contribution in [0.15, 0.2) is 84.2 Å². The summed E-state index contributed by atoms with van der Waals surface area (Å²) in [6.45, 7) is 3.68. The minimum Gasteiger partial charge on any atom is -0.478 e. The number of thiazole rings is 1. The molecule has 1 aliphatic rings. The van der Waals surface area contributed by atoms with Crippen molar-refractivity contribution < 1.29 is 14.3 Å². The second kappa shape index (κ2) is 9.23. The van der Waals surface area contributed by atoms with E-state index in [1.807, 2.05) is 79.0 Å². The topological polar surface area (TPSA) is 59.5 Å². The molecule has 170 valence electrons. The lowest BCUT2D eigenvalue weighted by Gasteiger charge is -2.37. The Morgan fingerprint density at radius 2 is 1.74 bits per heavy atom. The average molecular weight is 469 g/mol.